The second-order valence-corrected chi connectivity index (χ2v) is 2.89. The van der Waals surface area contributed by atoms with Crippen LogP contribution in [-0.2, 0) is 9.47 Å². The minimum Gasteiger partial charge on any atom is -0.379 e. The Kier molecular flexibility index (Phi) is 8.75. The summed E-state index contributed by atoms with van der Waals surface area (Å²) in [6.07, 6.45) is 6.65. The van der Waals surface area contributed by atoms with Crippen molar-refractivity contribution in [1.29, 1.82) is 0 Å². The number of hydrogen-bond donors (Lipinski definition) is 0. The van der Waals surface area contributed by atoms with Crippen LogP contribution in [0, 0.1) is 12.3 Å². The van der Waals surface area contributed by atoms with Crippen LogP contribution in [0.1, 0.15) is 19.8 Å². The van der Waals surface area contributed by atoms with Crippen molar-refractivity contribution in [1.82, 2.24) is 0 Å². The molecule has 0 unspecified atom stereocenters. The van der Waals surface area contributed by atoms with E-state index >= 15 is 0 Å². The van der Waals surface area contributed by atoms with Gasteiger partial charge in [0, 0.05) is 6.42 Å². The van der Waals surface area contributed by atoms with Crippen LogP contribution in [0.5, 0.6) is 0 Å². The van der Waals surface area contributed by atoms with E-state index in [4.69, 9.17) is 15.9 Å². The predicted molar refractivity (Wildman–Crippen MR) is 54.5 cm³/mol. The second-order valence-electron chi connectivity index (χ2n) is 2.89. The fourth-order valence-electron chi connectivity index (χ4n) is 0.699. The molecule has 74 valence electrons. The lowest BCUT2D eigenvalue weighted by Crippen LogP contribution is -2.05. The highest BCUT2D eigenvalue weighted by Crippen LogP contribution is 1.94. The predicted octanol–water partition coefficient (Wildman–Crippen LogP) is 2.01. The first-order valence-electron chi connectivity index (χ1n) is 4.50. The molecule has 0 saturated heterocycles. The van der Waals surface area contributed by atoms with E-state index in [1.54, 1.807) is 0 Å². The zero-order valence-corrected chi connectivity index (χ0v) is 8.34. The molecule has 0 aromatic heterocycles. The Hall–Kier alpha value is -0.780. The maximum absolute atomic E-state index is 5.29. The normalized spacial score (nSPS) is 9.54. The van der Waals surface area contributed by atoms with E-state index in [1.807, 2.05) is 6.92 Å². The molecule has 0 N–H and O–H groups in total. The van der Waals surface area contributed by atoms with Crippen molar-refractivity contribution in [3.05, 3.63) is 12.2 Å². The summed E-state index contributed by atoms with van der Waals surface area (Å²) in [7, 11) is 0. The Labute approximate surface area is 80.9 Å². The average molecular weight is 182 g/mol. The van der Waals surface area contributed by atoms with Crippen LogP contribution in [0.3, 0.4) is 0 Å². The molecule has 0 rings (SSSR count). The fourth-order valence-corrected chi connectivity index (χ4v) is 0.699. The quantitative estimate of drug-likeness (QED) is 0.325. The molecule has 0 radical (unpaired) electrons. The molecular formula is C11H18O2. The van der Waals surface area contributed by atoms with E-state index in [1.165, 1.54) is 0 Å². The molecule has 0 bridgehead atoms. The first-order valence-corrected chi connectivity index (χ1v) is 4.50. The molecule has 13 heavy (non-hydrogen) atoms. The van der Waals surface area contributed by atoms with E-state index < -0.39 is 0 Å². The van der Waals surface area contributed by atoms with Gasteiger partial charge in [0.1, 0.15) is 0 Å². The first-order chi connectivity index (χ1) is 6.27. The lowest BCUT2D eigenvalue weighted by Gasteiger charge is -2.04. The highest BCUT2D eigenvalue weighted by molar-refractivity contribution is 4.87. The second kappa shape index (κ2) is 9.31. The topological polar surface area (TPSA) is 18.5 Å². The van der Waals surface area contributed by atoms with E-state index in [2.05, 4.69) is 12.5 Å². The maximum Gasteiger partial charge on any atom is 0.0700 e. The SMILES string of the molecule is C#CCCOCCOCCC(=C)C. The van der Waals surface area contributed by atoms with Crippen molar-refractivity contribution in [2.24, 2.45) is 0 Å². The Balaban J connectivity index is 2.92. The van der Waals surface area contributed by atoms with Gasteiger partial charge in [-0.25, -0.2) is 0 Å². The molecule has 2 heteroatoms. The van der Waals surface area contributed by atoms with Gasteiger partial charge in [0.15, 0.2) is 0 Å². The zero-order valence-electron chi connectivity index (χ0n) is 8.34. The van der Waals surface area contributed by atoms with Crippen LogP contribution in [0.4, 0.5) is 0 Å². The lowest BCUT2D eigenvalue weighted by atomic mass is 10.3. The van der Waals surface area contributed by atoms with E-state index in [-0.39, 0.29) is 0 Å². The minimum absolute atomic E-state index is 0.623. The molecule has 0 fully saturated rings. The number of hydrogen-bond acceptors (Lipinski definition) is 2. The Morgan fingerprint density at radius 2 is 1.85 bits per heavy atom. The van der Waals surface area contributed by atoms with Gasteiger partial charge in [0.2, 0.25) is 0 Å². The van der Waals surface area contributed by atoms with Crippen molar-refractivity contribution in [2.75, 3.05) is 26.4 Å². The van der Waals surface area contributed by atoms with Gasteiger partial charge in [0.05, 0.1) is 26.4 Å². The molecule has 0 amide bonds. The monoisotopic (exact) mass is 182 g/mol. The highest BCUT2D eigenvalue weighted by Gasteiger charge is 1.89. The van der Waals surface area contributed by atoms with Gasteiger partial charge in [-0.1, -0.05) is 5.57 Å². The molecule has 0 aromatic carbocycles. The smallest absolute Gasteiger partial charge is 0.0700 e. The molecule has 0 aromatic rings. The largest absolute Gasteiger partial charge is 0.379 e. The fraction of sp³-hybridized carbons (Fsp3) is 0.636. The summed E-state index contributed by atoms with van der Waals surface area (Å²) in [4.78, 5) is 0. The Bertz CT molecular complexity index is 167. The zero-order chi connectivity index (χ0) is 9.94. The van der Waals surface area contributed by atoms with Crippen molar-refractivity contribution in [2.45, 2.75) is 19.8 Å². The van der Waals surface area contributed by atoms with E-state index in [0.29, 0.717) is 26.2 Å². The van der Waals surface area contributed by atoms with Gasteiger partial charge in [0.25, 0.3) is 0 Å². The Morgan fingerprint density at radius 1 is 1.23 bits per heavy atom. The maximum atomic E-state index is 5.29. The van der Waals surface area contributed by atoms with Gasteiger partial charge < -0.3 is 9.47 Å². The van der Waals surface area contributed by atoms with Crippen molar-refractivity contribution < 1.29 is 9.47 Å². The minimum atomic E-state index is 0.623. The summed E-state index contributed by atoms with van der Waals surface area (Å²) in [6.45, 7) is 8.39. The molecule has 2 nitrogen and oxygen atoms in total. The average Bonchev–Trinajstić information content (AvgIpc) is 2.09. The molecule has 0 saturated carbocycles. The van der Waals surface area contributed by atoms with Crippen LogP contribution in [-0.4, -0.2) is 26.4 Å². The standard InChI is InChI=1S/C11H18O2/c1-4-5-7-12-9-10-13-8-6-11(2)3/h1H,2,5-10H2,3H3. The molecular weight excluding hydrogens is 164 g/mol. The molecule has 0 heterocycles. The van der Waals surface area contributed by atoms with Crippen LogP contribution in [0.25, 0.3) is 0 Å². The van der Waals surface area contributed by atoms with E-state index in [0.717, 1.165) is 18.6 Å². The van der Waals surface area contributed by atoms with Crippen LogP contribution in [0.2, 0.25) is 0 Å². The third-order valence-corrected chi connectivity index (χ3v) is 1.44. The molecule has 0 spiro atoms. The Morgan fingerprint density at radius 3 is 2.38 bits per heavy atom. The summed E-state index contributed by atoms with van der Waals surface area (Å²) in [5, 5.41) is 0. The number of terminal acetylenes is 1. The number of ether oxygens (including phenoxy) is 2. The van der Waals surface area contributed by atoms with Gasteiger partial charge in [-0.05, 0) is 13.3 Å². The molecule has 0 atom stereocenters. The summed E-state index contributed by atoms with van der Waals surface area (Å²) in [5.41, 5.74) is 1.15. The van der Waals surface area contributed by atoms with Crippen LogP contribution >= 0.6 is 0 Å². The van der Waals surface area contributed by atoms with E-state index in [9.17, 15) is 0 Å². The summed E-state index contributed by atoms with van der Waals surface area (Å²) < 4.78 is 10.5. The molecule has 0 aliphatic heterocycles. The van der Waals surface area contributed by atoms with Gasteiger partial charge >= 0.3 is 0 Å². The third-order valence-electron chi connectivity index (χ3n) is 1.44. The van der Waals surface area contributed by atoms with Gasteiger partial charge in [-0.3, -0.25) is 0 Å². The third kappa shape index (κ3) is 11.2. The van der Waals surface area contributed by atoms with Crippen molar-refractivity contribution >= 4 is 0 Å². The van der Waals surface area contributed by atoms with Crippen molar-refractivity contribution in [3.8, 4) is 12.3 Å². The van der Waals surface area contributed by atoms with Gasteiger partial charge in [-0.15, -0.1) is 18.9 Å². The number of rotatable bonds is 8. The van der Waals surface area contributed by atoms with Crippen LogP contribution in [0.15, 0.2) is 12.2 Å². The van der Waals surface area contributed by atoms with Gasteiger partial charge in [-0.2, -0.15) is 0 Å². The summed E-state index contributed by atoms with van der Waals surface area (Å²) >= 11 is 0. The van der Waals surface area contributed by atoms with Crippen molar-refractivity contribution in [3.63, 3.8) is 0 Å². The lowest BCUT2D eigenvalue weighted by molar-refractivity contribution is 0.0512. The van der Waals surface area contributed by atoms with Crippen LogP contribution < -0.4 is 0 Å². The summed E-state index contributed by atoms with van der Waals surface area (Å²) in [6, 6.07) is 0. The first kappa shape index (κ1) is 12.2. The highest BCUT2D eigenvalue weighted by atomic mass is 16.5. The summed E-state index contributed by atoms with van der Waals surface area (Å²) in [5.74, 6) is 2.51. The molecule has 0 aliphatic carbocycles. The molecule has 0 aliphatic rings.